The van der Waals surface area contributed by atoms with Crippen molar-refractivity contribution >= 4 is 46.7 Å². The van der Waals surface area contributed by atoms with Gasteiger partial charge in [0.1, 0.15) is 6.54 Å². The van der Waals surface area contributed by atoms with Gasteiger partial charge in [-0.15, -0.1) is 11.8 Å². The van der Waals surface area contributed by atoms with Gasteiger partial charge in [-0.2, -0.15) is 0 Å². The third-order valence-corrected chi connectivity index (χ3v) is 5.08. The van der Waals surface area contributed by atoms with Crippen LogP contribution in [0.2, 0.25) is 0 Å². The van der Waals surface area contributed by atoms with Crippen molar-refractivity contribution < 1.29 is 23.9 Å². The Morgan fingerprint density at radius 3 is 2.54 bits per heavy atom. The summed E-state index contributed by atoms with van der Waals surface area (Å²) < 4.78 is 5.00. The first kappa shape index (κ1) is 19.6. The molecule has 3 rings (SSSR count). The van der Waals surface area contributed by atoms with E-state index in [1.54, 1.807) is 36.4 Å². The molecule has 1 aliphatic heterocycles. The predicted octanol–water partition coefficient (Wildman–Crippen LogP) is 2.51. The van der Waals surface area contributed by atoms with Crippen molar-refractivity contribution in [1.82, 2.24) is 0 Å². The normalized spacial score (nSPS) is 12.9. The van der Waals surface area contributed by atoms with Gasteiger partial charge in [-0.25, -0.2) is 0 Å². The van der Waals surface area contributed by atoms with E-state index in [9.17, 15) is 19.2 Å². The number of Topliss-reactive ketones (excluding diaryl/α,β-unsaturated/α-hetero) is 1. The standard InChI is InChI=1S/C20H18N2O5S/c1-13(23)14-6-8-15(9-7-14)21-18(24)11-27-20(26)10-22-16-4-2-3-5-17(16)28-12-19(22)25/h2-9H,10-12H2,1H3,(H,21,24). The van der Waals surface area contributed by atoms with Crippen LogP contribution in [0.4, 0.5) is 11.4 Å². The summed E-state index contributed by atoms with van der Waals surface area (Å²) in [5.41, 5.74) is 1.69. The Morgan fingerprint density at radius 1 is 1.11 bits per heavy atom. The summed E-state index contributed by atoms with van der Waals surface area (Å²) in [7, 11) is 0. The Morgan fingerprint density at radius 2 is 1.82 bits per heavy atom. The number of carbonyl (C=O) groups is 4. The molecule has 0 aliphatic carbocycles. The lowest BCUT2D eigenvalue weighted by Crippen LogP contribution is -2.40. The van der Waals surface area contributed by atoms with Gasteiger partial charge in [0.25, 0.3) is 5.91 Å². The molecule has 0 fully saturated rings. The number of esters is 1. The zero-order chi connectivity index (χ0) is 20.1. The number of anilines is 2. The molecule has 0 saturated carbocycles. The van der Waals surface area contributed by atoms with Gasteiger partial charge < -0.3 is 10.1 Å². The van der Waals surface area contributed by atoms with Gasteiger partial charge in [-0.05, 0) is 43.3 Å². The van der Waals surface area contributed by atoms with Crippen molar-refractivity contribution in [3.63, 3.8) is 0 Å². The topological polar surface area (TPSA) is 92.8 Å². The Bertz CT molecular complexity index is 926. The monoisotopic (exact) mass is 398 g/mol. The molecule has 2 aromatic rings. The van der Waals surface area contributed by atoms with Crippen LogP contribution in [-0.4, -0.2) is 42.5 Å². The highest BCUT2D eigenvalue weighted by Gasteiger charge is 2.26. The number of benzene rings is 2. The Kier molecular flexibility index (Phi) is 6.10. The number of para-hydroxylation sites is 1. The number of rotatable bonds is 6. The number of fused-ring (bicyclic) bond motifs is 1. The lowest BCUT2D eigenvalue weighted by atomic mass is 10.1. The van der Waals surface area contributed by atoms with Crippen molar-refractivity contribution in [2.24, 2.45) is 0 Å². The zero-order valence-corrected chi connectivity index (χ0v) is 16.0. The second-order valence-corrected chi connectivity index (χ2v) is 7.10. The summed E-state index contributed by atoms with van der Waals surface area (Å²) in [4.78, 5) is 49.7. The smallest absolute Gasteiger partial charge is 0.326 e. The van der Waals surface area contributed by atoms with E-state index in [2.05, 4.69) is 5.32 Å². The summed E-state index contributed by atoms with van der Waals surface area (Å²) in [5, 5.41) is 2.58. The maximum absolute atomic E-state index is 12.1. The SMILES string of the molecule is CC(=O)c1ccc(NC(=O)COC(=O)CN2C(=O)CSc3ccccc32)cc1. The minimum atomic E-state index is -0.669. The minimum absolute atomic E-state index is 0.0703. The van der Waals surface area contributed by atoms with Crippen LogP contribution in [0.3, 0.4) is 0 Å². The van der Waals surface area contributed by atoms with E-state index in [-0.39, 0.29) is 24.0 Å². The molecule has 2 aromatic carbocycles. The number of nitrogens with zero attached hydrogens (tertiary/aromatic N) is 1. The van der Waals surface area contributed by atoms with Crippen molar-refractivity contribution in [1.29, 1.82) is 0 Å². The molecule has 28 heavy (non-hydrogen) atoms. The first-order chi connectivity index (χ1) is 13.4. The van der Waals surface area contributed by atoms with Crippen LogP contribution >= 0.6 is 11.8 Å². The van der Waals surface area contributed by atoms with Gasteiger partial charge in [0.15, 0.2) is 12.4 Å². The highest BCUT2D eigenvalue weighted by atomic mass is 32.2. The van der Waals surface area contributed by atoms with Gasteiger partial charge in [-0.3, -0.25) is 24.1 Å². The molecule has 7 nitrogen and oxygen atoms in total. The summed E-state index contributed by atoms with van der Waals surface area (Å²) in [5.74, 6) is -1.18. The van der Waals surface area contributed by atoms with Gasteiger partial charge in [0.05, 0.1) is 11.4 Å². The lowest BCUT2D eigenvalue weighted by Gasteiger charge is -2.27. The van der Waals surface area contributed by atoms with Crippen LogP contribution in [0.25, 0.3) is 0 Å². The van der Waals surface area contributed by atoms with Crippen LogP contribution < -0.4 is 10.2 Å². The van der Waals surface area contributed by atoms with Gasteiger partial charge >= 0.3 is 5.97 Å². The largest absolute Gasteiger partial charge is 0.454 e. The Balaban J connectivity index is 1.52. The number of thioether (sulfide) groups is 1. The zero-order valence-electron chi connectivity index (χ0n) is 15.1. The molecule has 1 aliphatic rings. The predicted molar refractivity (Wildman–Crippen MR) is 106 cm³/mol. The molecule has 1 N–H and O–H groups in total. The van der Waals surface area contributed by atoms with E-state index in [1.165, 1.54) is 23.6 Å². The summed E-state index contributed by atoms with van der Waals surface area (Å²) in [6.07, 6.45) is 0. The highest BCUT2D eigenvalue weighted by molar-refractivity contribution is 8.00. The number of nitrogens with one attached hydrogen (secondary N) is 1. The molecule has 0 atom stereocenters. The maximum Gasteiger partial charge on any atom is 0.326 e. The molecular weight excluding hydrogens is 380 g/mol. The molecule has 0 radical (unpaired) electrons. The second-order valence-electron chi connectivity index (χ2n) is 6.08. The number of ether oxygens (including phenoxy) is 1. The van der Waals surface area contributed by atoms with Crippen LogP contribution in [0.15, 0.2) is 53.4 Å². The average molecular weight is 398 g/mol. The number of carbonyl (C=O) groups excluding carboxylic acids is 4. The molecule has 0 spiro atoms. The quantitative estimate of drug-likeness (QED) is 0.594. The van der Waals surface area contributed by atoms with Crippen LogP contribution in [0.1, 0.15) is 17.3 Å². The average Bonchev–Trinajstić information content (AvgIpc) is 2.69. The molecule has 1 heterocycles. The number of ketones is 1. The molecule has 2 amide bonds. The third-order valence-electron chi connectivity index (χ3n) is 4.03. The van der Waals surface area contributed by atoms with Crippen LogP contribution in [-0.2, 0) is 19.1 Å². The van der Waals surface area contributed by atoms with Gasteiger partial charge in [0.2, 0.25) is 5.91 Å². The van der Waals surface area contributed by atoms with Gasteiger partial charge in [-0.1, -0.05) is 12.1 Å². The maximum atomic E-state index is 12.1. The second kappa shape index (κ2) is 8.71. The molecule has 0 unspecified atom stereocenters. The van der Waals surface area contributed by atoms with Crippen LogP contribution in [0, 0.1) is 0 Å². The Hall–Kier alpha value is -3.13. The number of hydrogen-bond donors (Lipinski definition) is 1. The van der Waals surface area contributed by atoms with Crippen molar-refractivity contribution in [3.05, 3.63) is 54.1 Å². The molecule has 0 bridgehead atoms. The molecular formula is C20H18N2O5S. The van der Waals surface area contributed by atoms with Gasteiger partial charge in [0, 0.05) is 16.1 Å². The third kappa shape index (κ3) is 4.77. The molecule has 144 valence electrons. The fourth-order valence-electron chi connectivity index (χ4n) is 2.63. The highest BCUT2D eigenvalue weighted by Crippen LogP contribution is 2.34. The van der Waals surface area contributed by atoms with E-state index in [0.29, 0.717) is 16.9 Å². The van der Waals surface area contributed by atoms with Crippen molar-refractivity contribution in [3.8, 4) is 0 Å². The minimum Gasteiger partial charge on any atom is -0.454 e. The van der Waals surface area contributed by atoms with E-state index in [1.807, 2.05) is 12.1 Å². The van der Waals surface area contributed by atoms with E-state index >= 15 is 0 Å². The molecule has 8 heteroatoms. The van der Waals surface area contributed by atoms with Crippen LogP contribution in [0.5, 0.6) is 0 Å². The summed E-state index contributed by atoms with van der Waals surface area (Å²) in [6, 6.07) is 13.7. The summed E-state index contributed by atoms with van der Waals surface area (Å²) >= 11 is 1.42. The van der Waals surface area contributed by atoms with Crippen molar-refractivity contribution in [2.45, 2.75) is 11.8 Å². The number of hydrogen-bond acceptors (Lipinski definition) is 6. The number of amides is 2. The first-order valence-electron chi connectivity index (χ1n) is 8.52. The molecule has 0 aromatic heterocycles. The molecule has 0 saturated heterocycles. The van der Waals surface area contributed by atoms with Crippen molar-refractivity contribution in [2.75, 3.05) is 29.1 Å². The lowest BCUT2D eigenvalue weighted by molar-refractivity contribution is -0.146. The fraction of sp³-hybridized carbons (Fsp3) is 0.200. The van der Waals surface area contributed by atoms with E-state index in [4.69, 9.17) is 4.74 Å². The van der Waals surface area contributed by atoms with E-state index < -0.39 is 18.5 Å². The fourth-order valence-corrected chi connectivity index (χ4v) is 3.57. The summed E-state index contributed by atoms with van der Waals surface area (Å²) in [6.45, 7) is 0.736. The first-order valence-corrected chi connectivity index (χ1v) is 9.51. The Labute approximate surface area is 166 Å². The van der Waals surface area contributed by atoms with E-state index in [0.717, 1.165) is 4.90 Å².